The van der Waals surface area contributed by atoms with Gasteiger partial charge in [0.1, 0.15) is 0 Å². The zero-order chi connectivity index (χ0) is 23.2. The average Bonchev–Trinajstić information content (AvgIpc) is 2.93. The lowest BCUT2D eigenvalue weighted by Gasteiger charge is -2.43. The van der Waals surface area contributed by atoms with Gasteiger partial charge in [-0.1, -0.05) is 48.2 Å². The number of benzene rings is 3. The number of nitrogens with zero attached hydrogens (tertiary/aromatic N) is 3. The van der Waals surface area contributed by atoms with E-state index < -0.39 is 0 Å². The highest BCUT2D eigenvalue weighted by Gasteiger charge is 2.29. The van der Waals surface area contributed by atoms with Crippen molar-refractivity contribution in [1.82, 2.24) is 9.80 Å². The fraction of sp³-hybridized carbons (Fsp3) is 0.300. The van der Waals surface area contributed by atoms with Crippen molar-refractivity contribution in [2.24, 2.45) is 0 Å². The summed E-state index contributed by atoms with van der Waals surface area (Å²) in [5, 5.41) is 0. The Labute approximate surface area is 202 Å². The van der Waals surface area contributed by atoms with E-state index in [9.17, 15) is 4.79 Å². The highest BCUT2D eigenvalue weighted by atomic mass is 16.2. The van der Waals surface area contributed by atoms with Gasteiger partial charge in [-0.3, -0.25) is 9.69 Å². The molecule has 172 valence electrons. The van der Waals surface area contributed by atoms with Gasteiger partial charge in [0.25, 0.3) is 5.91 Å². The van der Waals surface area contributed by atoms with Crippen LogP contribution in [-0.2, 0) is 0 Å². The van der Waals surface area contributed by atoms with E-state index in [4.69, 9.17) is 0 Å². The quantitative estimate of drug-likeness (QED) is 0.551. The Bertz CT molecular complexity index is 1130. The molecule has 4 heteroatoms. The molecule has 0 bridgehead atoms. The van der Waals surface area contributed by atoms with Gasteiger partial charge in [0.15, 0.2) is 0 Å². The predicted molar refractivity (Wildman–Crippen MR) is 138 cm³/mol. The minimum Gasteiger partial charge on any atom is -0.369 e. The summed E-state index contributed by atoms with van der Waals surface area (Å²) >= 11 is 0. The summed E-state index contributed by atoms with van der Waals surface area (Å²) in [6.07, 6.45) is 2.11. The number of carbonyl (C=O) groups excluding carboxylic acids is 1. The first-order valence-corrected chi connectivity index (χ1v) is 12.3. The Hall–Kier alpha value is -3.55. The maximum absolute atomic E-state index is 13.0. The van der Waals surface area contributed by atoms with Gasteiger partial charge in [-0.15, -0.1) is 0 Å². The van der Waals surface area contributed by atoms with Gasteiger partial charge in [-0.2, -0.15) is 0 Å². The summed E-state index contributed by atoms with van der Waals surface area (Å²) in [4.78, 5) is 20.2. The Balaban J connectivity index is 1.11. The number of amides is 1. The first-order chi connectivity index (χ1) is 16.8. The van der Waals surface area contributed by atoms with Crippen LogP contribution in [0.5, 0.6) is 0 Å². The molecule has 2 saturated heterocycles. The van der Waals surface area contributed by atoms with E-state index >= 15 is 0 Å². The predicted octanol–water partition coefficient (Wildman–Crippen LogP) is 4.51. The molecule has 5 rings (SSSR count). The largest absolute Gasteiger partial charge is 0.369 e. The molecular formula is C30H31N3O. The number of hydrogen-bond donors (Lipinski definition) is 0. The molecule has 0 atom stereocenters. The number of anilines is 1. The van der Waals surface area contributed by atoms with E-state index in [1.165, 1.54) is 5.69 Å². The Morgan fingerprint density at radius 3 is 1.82 bits per heavy atom. The van der Waals surface area contributed by atoms with Gasteiger partial charge in [-0.05, 0) is 61.4 Å². The number of hydrogen-bond acceptors (Lipinski definition) is 3. The maximum atomic E-state index is 13.0. The molecule has 1 amide bonds. The molecule has 0 N–H and O–H groups in total. The average molecular weight is 450 g/mol. The van der Waals surface area contributed by atoms with Crippen LogP contribution in [0.4, 0.5) is 5.69 Å². The van der Waals surface area contributed by atoms with Crippen molar-refractivity contribution in [3.8, 4) is 11.8 Å². The minimum atomic E-state index is 0.134. The lowest BCUT2D eigenvalue weighted by molar-refractivity contribution is 0.0611. The Morgan fingerprint density at radius 1 is 0.647 bits per heavy atom. The van der Waals surface area contributed by atoms with Crippen molar-refractivity contribution in [3.63, 3.8) is 0 Å². The molecule has 0 saturated carbocycles. The standard InChI is InChI=1S/C30H31N3O/c34-30(27-15-13-26(14-16-27)12-11-25-7-3-1-4-8-25)33-19-17-29(18-20-33)32-23-21-31(22-24-32)28-9-5-2-6-10-28/h1-10,13-16,29H,17-24H2. The van der Waals surface area contributed by atoms with Crippen LogP contribution in [0.25, 0.3) is 0 Å². The third-order valence-corrected chi connectivity index (χ3v) is 6.96. The van der Waals surface area contributed by atoms with Crippen molar-refractivity contribution >= 4 is 11.6 Å². The third-order valence-electron chi connectivity index (χ3n) is 6.96. The monoisotopic (exact) mass is 449 g/mol. The van der Waals surface area contributed by atoms with E-state index in [2.05, 4.69) is 52.0 Å². The molecular weight excluding hydrogens is 418 g/mol. The molecule has 2 aliphatic rings. The lowest BCUT2D eigenvalue weighted by atomic mass is 10.0. The van der Waals surface area contributed by atoms with Gasteiger partial charge in [0.05, 0.1) is 0 Å². The van der Waals surface area contributed by atoms with E-state index in [-0.39, 0.29) is 5.91 Å². The molecule has 0 unspecified atom stereocenters. The first-order valence-electron chi connectivity index (χ1n) is 12.3. The van der Waals surface area contributed by atoms with Crippen LogP contribution in [0.2, 0.25) is 0 Å². The Morgan fingerprint density at radius 2 is 1.21 bits per heavy atom. The zero-order valence-electron chi connectivity index (χ0n) is 19.6. The van der Waals surface area contributed by atoms with Crippen LogP contribution in [0.15, 0.2) is 84.9 Å². The van der Waals surface area contributed by atoms with Gasteiger partial charge in [-0.25, -0.2) is 0 Å². The van der Waals surface area contributed by atoms with Crippen molar-refractivity contribution in [2.75, 3.05) is 44.2 Å². The summed E-state index contributed by atoms with van der Waals surface area (Å²) in [6, 6.07) is 28.9. The minimum absolute atomic E-state index is 0.134. The molecule has 0 aromatic heterocycles. The highest BCUT2D eigenvalue weighted by Crippen LogP contribution is 2.22. The number of piperidine rings is 1. The fourth-order valence-electron chi connectivity index (χ4n) is 4.96. The topological polar surface area (TPSA) is 26.8 Å². The van der Waals surface area contributed by atoms with E-state index in [0.717, 1.165) is 68.8 Å². The second kappa shape index (κ2) is 10.6. The second-order valence-electron chi connectivity index (χ2n) is 9.08. The summed E-state index contributed by atoms with van der Waals surface area (Å²) in [5.41, 5.74) is 3.99. The number of likely N-dealkylation sites (tertiary alicyclic amines) is 1. The molecule has 3 aromatic carbocycles. The van der Waals surface area contributed by atoms with Crippen molar-refractivity contribution in [1.29, 1.82) is 0 Å². The van der Waals surface area contributed by atoms with Crippen LogP contribution in [0.3, 0.4) is 0 Å². The fourth-order valence-corrected chi connectivity index (χ4v) is 4.96. The number of carbonyl (C=O) groups is 1. The van der Waals surface area contributed by atoms with Crippen LogP contribution in [0.1, 0.15) is 34.3 Å². The number of piperazine rings is 1. The second-order valence-corrected chi connectivity index (χ2v) is 9.08. The molecule has 0 spiro atoms. The van der Waals surface area contributed by atoms with Gasteiger partial charge in [0, 0.05) is 67.7 Å². The van der Waals surface area contributed by atoms with Crippen LogP contribution >= 0.6 is 0 Å². The van der Waals surface area contributed by atoms with Gasteiger partial charge >= 0.3 is 0 Å². The SMILES string of the molecule is O=C(c1ccc(C#Cc2ccccc2)cc1)N1CCC(N2CCN(c3ccccc3)CC2)CC1. The highest BCUT2D eigenvalue weighted by molar-refractivity contribution is 5.94. The Kier molecular flexibility index (Phi) is 6.93. The number of rotatable bonds is 3. The normalized spacial score (nSPS) is 17.2. The zero-order valence-corrected chi connectivity index (χ0v) is 19.6. The van der Waals surface area contributed by atoms with Gasteiger partial charge in [0.2, 0.25) is 0 Å². The molecule has 2 fully saturated rings. The summed E-state index contributed by atoms with van der Waals surface area (Å²) < 4.78 is 0. The number of para-hydroxylation sites is 1. The van der Waals surface area contributed by atoms with E-state index in [1.807, 2.05) is 59.5 Å². The molecule has 0 aliphatic carbocycles. The lowest BCUT2D eigenvalue weighted by Crippen LogP contribution is -2.53. The van der Waals surface area contributed by atoms with Crippen molar-refractivity contribution < 1.29 is 4.79 Å². The molecule has 34 heavy (non-hydrogen) atoms. The molecule has 2 aliphatic heterocycles. The molecule has 0 radical (unpaired) electrons. The van der Waals surface area contributed by atoms with Gasteiger partial charge < -0.3 is 9.80 Å². The van der Waals surface area contributed by atoms with Crippen molar-refractivity contribution in [3.05, 3.63) is 102 Å². The molecule has 3 aromatic rings. The molecule has 2 heterocycles. The van der Waals surface area contributed by atoms with E-state index in [0.29, 0.717) is 6.04 Å². The summed E-state index contributed by atoms with van der Waals surface area (Å²) in [6.45, 7) is 6.00. The van der Waals surface area contributed by atoms with Crippen LogP contribution < -0.4 is 4.90 Å². The molecule has 4 nitrogen and oxygen atoms in total. The van der Waals surface area contributed by atoms with Crippen molar-refractivity contribution in [2.45, 2.75) is 18.9 Å². The first kappa shape index (κ1) is 22.3. The third kappa shape index (κ3) is 5.32. The van der Waals surface area contributed by atoms with Crippen LogP contribution in [-0.4, -0.2) is 61.0 Å². The van der Waals surface area contributed by atoms with Crippen LogP contribution in [0, 0.1) is 11.8 Å². The smallest absolute Gasteiger partial charge is 0.253 e. The summed E-state index contributed by atoms with van der Waals surface area (Å²) in [7, 11) is 0. The summed E-state index contributed by atoms with van der Waals surface area (Å²) in [5.74, 6) is 6.48. The van der Waals surface area contributed by atoms with E-state index in [1.54, 1.807) is 0 Å². The maximum Gasteiger partial charge on any atom is 0.253 e.